The van der Waals surface area contributed by atoms with Gasteiger partial charge in [0.2, 0.25) is 0 Å². The average molecular weight is 196 g/mol. The van der Waals surface area contributed by atoms with Crippen LogP contribution in [0.5, 0.6) is 0 Å². The maximum Gasteiger partial charge on any atom is 0.305 e. The number of allylic oxidation sites excluding steroid dienone is 4. The van der Waals surface area contributed by atoms with Gasteiger partial charge in [-0.3, -0.25) is 4.79 Å². The van der Waals surface area contributed by atoms with Crippen LogP contribution in [0.4, 0.5) is 0 Å². The van der Waals surface area contributed by atoms with Gasteiger partial charge in [0.25, 0.3) is 0 Å². The molecular formula is C12H20O2. The third-order valence-corrected chi connectivity index (χ3v) is 1.35. The lowest BCUT2D eigenvalue weighted by Gasteiger charge is -1.98. The highest BCUT2D eigenvalue weighted by Crippen LogP contribution is 2.04. The first-order valence-corrected chi connectivity index (χ1v) is 4.74. The Hall–Kier alpha value is -1.31. The lowest BCUT2D eigenvalue weighted by atomic mass is 10.1. The SMILES string of the molecule is C=C/C=C\C(=C)CCC(=O)OC.CC. The summed E-state index contributed by atoms with van der Waals surface area (Å²) < 4.78 is 4.48. The standard InChI is InChI=1S/C10H14O2.C2H6/c1-4-5-6-9(2)7-8-10(11)12-3;1-2/h4-6H,1-2,7-8H2,3H3;1-2H3/b6-5-;. The van der Waals surface area contributed by atoms with Gasteiger partial charge in [-0.1, -0.05) is 50.8 Å². The molecule has 0 rings (SSSR count). The summed E-state index contributed by atoms with van der Waals surface area (Å²) in [5.41, 5.74) is 0.903. The molecule has 0 aliphatic carbocycles. The van der Waals surface area contributed by atoms with Crippen molar-refractivity contribution >= 4 is 5.97 Å². The fourth-order valence-electron chi connectivity index (χ4n) is 0.652. The number of hydrogen-bond acceptors (Lipinski definition) is 2. The zero-order valence-electron chi connectivity index (χ0n) is 9.38. The second-order valence-corrected chi connectivity index (χ2v) is 2.33. The summed E-state index contributed by atoms with van der Waals surface area (Å²) in [4.78, 5) is 10.7. The Bertz CT molecular complexity index is 202. The molecule has 14 heavy (non-hydrogen) atoms. The Labute approximate surface area is 87.0 Å². The van der Waals surface area contributed by atoms with Crippen molar-refractivity contribution in [2.75, 3.05) is 7.11 Å². The number of rotatable bonds is 5. The van der Waals surface area contributed by atoms with Crippen LogP contribution in [0, 0.1) is 0 Å². The molecule has 0 aliphatic heterocycles. The van der Waals surface area contributed by atoms with Crippen molar-refractivity contribution in [1.82, 2.24) is 0 Å². The number of carbonyl (C=O) groups is 1. The summed E-state index contributed by atoms with van der Waals surface area (Å²) in [6.45, 7) is 11.3. The van der Waals surface area contributed by atoms with Crippen LogP contribution in [0.3, 0.4) is 0 Å². The van der Waals surface area contributed by atoms with Crippen LogP contribution in [0.25, 0.3) is 0 Å². The van der Waals surface area contributed by atoms with Crippen molar-refractivity contribution in [3.05, 3.63) is 37.0 Å². The van der Waals surface area contributed by atoms with Crippen LogP contribution in [-0.2, 0) is 9.53 Å². The highest BCUT2D eigenvalue weighted by Gasteiger charge is 1.98. The first-order chi connectivity index (χ1) is 6.70. The molecule has 80 valence electrons. The molecule has 0 saturated carbocycles. The fraction of sp³-hybridized carbons (Fsp3) is 0.417. The average Bonchev–Trinajstić information content (AvgIpc) is 2.25. The van der Waals surface area contributed by atoms with E-state index in [0.717, 1.165) is 5.57 Å². The van der Waals surface area contributed by atoms with E-state index in [9.17, 15) is 4.79 Å². The van der Waals surface area contributed by atoms with E-state index in [1.54, 1.807) is 12.2 Å². The second-order valence-electron chi connectivity index (χ2n) is 2.33. The molecule has 0 saturated heterocycles. The third-order valence-electron chi connectivity index (χ3n) is 1.35. The molecule has 0 aromatic heterocycles. The molecule has 0 atom stereocenters. The quantitative estimate of drug-likeness (QED) is 0.498. The van der Waals surface area contributed by atoms with Gasteiger partial charge in [0.15, 0.2) is 0 Å². The first-order valence-electron chi connectivity index (χ1n) is 4.74. The van der Waals surface area contributed by atoms with Crippen molar-refractivity contribution < 1.29 is 9.53 Å². The van der Waals surface area contributed by atoms with E-state index in [0.29, 0.717) is 12.8 Å². The molecule has 0 fully saturated rings. The molecule has 0 aromatic rings. The Morgan fingerprint density at radius 3 is 2.36 bits per heavy atom. The Morgan fingerprint density at radius 1 is 1.36 bits per heavy atom. The van der Waals surface area contributed by atoms with Gasteiger partial charge in [-0.15, -0.1) is 0 Å². The molecule has 0 aliphatic rings. The van der Waals surface area contributed by atoms with Crippen molar-refractivity contribution in [2.45, 2.75) is 26.7 Å². The Kier molecular flexibility index (Phi) is 12.7. The zero-order valence-corrected chi connectivity index (χ0v) is 9.38. The van der Waals surface area contributed by atoms with Gasteiger partial charge in [-0.25, -0.2) is 0 Å². The monoisotopic (exact) mass is 196 g/mol. The summed E-state index contributed by atoms with van der Waals surface area (Å²) >= 11 is 0. The van der Waals surface area contributed by atoms with E-state index < -0.39 is 0 Å². The third kappa shape index (κ3) is 10.7. The molecule has 0 heterocycles. The largest absolute Gasteiger partial charge is 0.469 e. The first kappa shape index (κ1) is 15.2. The molecule has 2 heteroatoms. The predicted molar refractivity (Wildman–Crippen MR) is 61.1 cm³/mol. The van der Waals surface area contributed by atoms with E-state index in [-0.39, 0.29) is 5.97 Å². The van der Waals surface area contributed by atoms with Gasteiger partial charge in [-0.2, -0.15) is 0 Å². The van der Waals surface area contributed by atoms with Crippen molar-refractivity contribution in [2.24, 2.45) is 0 Å². The normalized spacial score (nSPS) is 8.79. The van der Waals surface area contributed by atoms with E-state index in [1.807, 2.05) is 19.9 Å². The summed E-state index contributed by atoms with van der Waals surface area (Å²) in [5.74, 6) is -0.205. The molecule has 0 bridgehead atoms. The van der Waals surface area contributed by atoms with Gasteiger partial charge in [0.1, 0.15) is 0 Å². The van der Waals surface area contributed by atoms with Crippen LogP contribution in [0.15, 0.2) is 37.0 Å². The number of methoxy groups -OCH3 is 1. The number of hydrogen-bond donors (Lipinski definition) is 0. The molecule has 0 N–H and O–H groups in total. The van der Waals surface area contributed by atoms with Crippen molar-refractivity contribution in [1.29, 1.82) is 0 Å². The summed E-state index contributed by atoms with van der Waals surface area (Å²) in [7, 11) is 1.38. The summed E-state index contributed by atoms with van der Waals surface area (Å²) in [5, 5.41) is 0. The van der Waals surface area contributed by atoms with Crippen LogP contribution >= 0.6 is 0 Å². The minimum Gasteiger partial charge on any atom is -0.469 e. The number of carbonyl (C=O) groups excluding carboxylic acids is 1. The maximum absolute atomic E-state index is 10.7. The van der Waals surface area contributed by atoms with Crippen molar-refractivity contribution in [3.8, 4) is 0 Å². The number of esters is 1. The molecule has 0 spiro atoms. The summed E-state index contributed by atoms with van der Waals surface area (Å²) in [6, 6.07) is 0. The Balaban J connectivity index is 0. The maximum atomic E-state index is 10.7. The van der Waals surface area contributed by atoms with Gasteiger partial charge in [0.05, 0.1) is 7.11 Å². The van der Waals surface area contributed by atoms with Gasteiger partial charge in [-0.05, 0) is 6.42 Å². The smallest absolute Gasteiger partial charge is 0.305 e. The molecule has 0 aromatic carbocycles. The lowest BCUT2D eigenvalue weighted by Crippen LogP contribution is -1.99. The predicted octanol–water partition coefficient (Wildman–Crippen LogP) is 3.26. The van der Waals surface area contributed by atoms with Gasteiger partial charge >= 0.3 is 5.97 Å². The van der Waals surface area contributed by atoms with Crippen LogP contribution in [0.2, 0.25) is 0 Å². The minimum atomic E-state index is -0.205. The van der Waals surface area contributed by atoms with E-state index in [1.165, 1.54) is 7.11 Å². The molecule has 0 unspecified atom stereocenters. The van der Waals surface area contributed by atoms with Crippen LogP contribution in [0.1, 0.15) is 26.7 Å². The number of ether oxygens (including phenoxy) is 1. The highest BCUT2D eigenvalue weighted by atomic mass is 16.5. The molecule has 2 nitrogen and oxygen atoms in total. The van der Waals surface area contributed by atoms with Crippen LogP contribution in [-0.4, -0.2) is 13.1 Å². The van der Waals surface area contributed by atoms with Gasteiger partial charge < -0.3 is 4.74 Å². The van der Waals surface area contributed by atoms with Crippen LogP contribution < -0.4 is 0 Å². The molecule has 0 radical (unpaired) electrons. The molecule has 0 amide bonds. The van der Waals surface area contributed by atoms with E-state index in [2.05, 4.69) is 17.9 Å². The van der Waals surface area contributed by atoms with E-state index in [4.69, 9.17) is 0 Å². The lowest BCUT2D eigenvalue weighted by molar-refractivity contribution is -0.140. The topological polar surface area (TPSA) is 26.3 Å². The zero-order chi connectivity index (χ0) is 11.4. The fourth-order valence-corrected chi connectivity index (χ4v) is 0.652. The van der Waals surface area contributed by atoms with Crippen molar-refractivity contribution in [3.63, 3.8) is 0 Å². The highest BCUT2D eigenvalue weighted by molar-refractivity contribution is 5.69. The van der Waals surface area contributed by atoms with E-state index >= 15 is 0 Å². The second kappa shape index (κ2) is 11.7. The Morgan fingerprint density at radius 2 is 1.93 bits per heavy atom. The minimum absolute atomic E-state index is 0.205. The summed E-state index contributed by atoms with van der Waals surface area (Å²) in [6.07, 6.45) is 6.31. The molecular weight excluding hydrogens is 176 g/mol. The van der Waals surface area contributed by atoms with Gasteiger partial charge in [0, 0.05) is 6.42 Å².